The number of anilines is 2. The van der Waals surface area contributed by atoms with Crippen LogP contribution in [0, 0.1) is 0 Å². The average Bonchev–Trinajstić information content (AvgIpc) is 2.75. The molecule has 6 heteroatoms. The minimum atomic E-state index is -0.243. The van der Waals surface area contributed by atoms with Gasteiger partial charge < -0.3 is 4.74 Å². The summed E-state index contributed by atoms with van der Waals surface area (Å²) in [5.74, 6) is 0.688. The lowest BCUT2D eigenvalue weighted by Gasteiger charge is -2.31. The first-order chi connectivity index (χ1) is 13.7. The van der Waals surface area contributed by atoms with Crippen molar-refractivity contribution in [1.82, 2.24) is 4.98 Å². The number of fused-ring (bicyclic) bond motifs is 1. The lowest BCUT2D eigenvalue weighted by atomic mass is 10.2. The van der Waals surface area contributed by atoms with Crippen LogP contribution >= 0.6 is 0 Å². The van der Waals surface area contributed by atoms with Gasteiger partial charge >= 0.3 is 0 Å². The Hall–Kier alpha value is -3.67. The van der Waals surface area contributed by atoms with Crippen LogP contribution in [0.3, 0.4) is 0 Å². The highest BCUT2D eigenvalue weighted by Crippen LogP contribution is 2.31. The van der Waals surface area contributed by atoms with Crippen molar-refractivity contribution in [2.24, 2.45) is 0 Å². The summed E-state index contributed by atoms with van der Waals surface area (Å²) >= 11 is 0. The monoisotopic (exact) mass is 373 g/mol. The molecule has 4 rings (SSSR count). The Balaban J connectivity index is 1.62. The third-order valence-electron chi connectivity index (χ3n) is 4.51. The summed E-state index contributed by atoms with van der Waals surface area (Å²) in [4.78, 5) is 33.0. The van der Waals surface area contributed by atoms with Crippen molar-refractivity contribution in [3.63, 3.8) is 0 Å². The van der Waals surface area contributed by atoms with Gasteiger partial charge in [0.15, 0.2) is 6.61 Å². The number of benzene rings is 2. The van der Waals surface area contributed by atoms with Gasteiger partial charge in [0.05, 0.1) is 12.2 Å². The summed E-state index contributed by atoms with van der Waals surface area (Å²) in [5, 5.41) is 0. The minimum Gasteiger partial charge on any atom is -0.482 e. The summed E-state index contributed by atoms with van der Waals surface area (Å²) < 4.78 is 5.46. The van der Waals surface area contributed by atoms with E-state index in [2.05, 4.69) is 4.98 Å². The predicted molar refractivity (Wildman–Crippen MR) is 106 cm³/mol. The highest BCUT2D eigenvalue weighted by molar-refractivity contribution is 6.05. The number of para-hydroxylation sites is 2. The molecule has 0 saturated heterocycles. The molecule has 1 aromatic heterocycles. The van der Waals surface area contributed by atoms with E-state index in [-0.39, 0.29) is 25.0 Å². The van der Waals surface area contributed by atoms with Gasteiger partial charge in [-0.25, -0.2) is 4.98 Å². The van der Waals surface area contributed by atoms with Crippen LogP contribution < -0.4 is 14.5 Å². The second kappa shape index (κ2) is 7.92. The van der Waals surface area contributed by atoms with Gasteiger partial charge in [0, 0.05) is 6.20 Å². The molecule has 0 aliphatic carbocycles. The molecule has 0 fully saturated rings. The molecule has 0 saturated carbocycles. The molecule has 2 amide bonds. The van der Waals surface area contributed by atoms with E-state index in [1.165, 1.54) is 4.90 Å². The van der Waals surface area contributed by atoms with Gasteiger partial charge in [0.2, 0.25) is 5.91 Å². The summed E-state index contributed by atoms with van der Waals surface area (Å²) in [6, 6.07) is 22.4. The zero-order valence-electron chi connectivity index (χ0n) is 15.2. The molecule has 0 spiro atoms. The van der Waals surface area contributed by atoms with Crippen LogP contribution in [0.25, 0.3) is 0 Å². The molecular formula is C22H19N3O3. The topological polar surface area (TPSA) is 62.7 Å². The zero-order chi connectivity index (χ0) is 19.3. The Morgan fingerprint density at radius 3 is 2.54 bits per heavy atom. The van der Waals surface area contributed by atoms with Gasteiger partial charge in [-0.3, -0.25) is 19.4 Å². The Morgan fingerprint density at radius 1 is 1.00 bits per heavy atom. The predicted octanol–water partition coefficient (Wildman–Crippen LogP) is 3.04. The number of hydrogen-bond acceptors (Lipinski definition) is 4. The van der Waals surface area contributed by atoms with E-state index in [0.717, 1.165) is 5.56 Å². The van der Waals surface area contributed by atoms with E-state index >= 15 is 0 Å². The SMILES string of the molecule is O=C(CN1C(=O)COc2ccccc21)N(Cc1ccccc1)c1ccccn1. The first kappa shape index (κ1) is 17.7. The van der Waals surface area contributed by atoms with Crippen molar-refractivity contribution in [2.45, 2.75) is 6.54 Å². The Labute approximate surface area is 163 Å². The number of carbonyl (C=O) groups is 2. The summed E-state index contributed by atoms with van der Waals surface area (Å²) in [7, 11) is 0. The molecule has 0 N–H and O–H groups in total. The van der Waals surface area contributed by atoms with Crippen LogP contribution in [-0.4, -0.2) is 29.9 Å². The fraction of sp³-hybridized carbons (Fsp3) is 0.136. The molecule has 0 bridgehead atoms. The van der Waals surface area contributed by atoms with E-state index in [9.17, 15) is 9.59 Å². The average molecular weight is 373 g/mol. The van der Waals surface area contributed by atoms with Crippen molar-refractivity contribution in [1.29, 1.82) is 0 Å². The second-order valence-electron chi connectivity index (χ2n) is 6.39. The van der Waals surface area contributed by atoms with Crippen LogP contribution in [0.5, 0.6) is 5.75 Å². The molecule has 140 valence electrons. The van der Waals surface area contributed by atoms with Crippen LogP contribution in [-0.2, 0) is 16.1 Å². The third-order valence-corrected chi connectivity index (χ3v) is 4.51. The van der Waals surface area contributed by atoms with E-state index in [1.54, 1.807) is 35.4 Å². The molecule has 0 radical (unpaired) electrons. The third kappa shape index (κ3) is 3.71. The second-order valence-corrected chi connectivity index (χ2v) is 6.39. The maximum Gasteiger partial charge on any atom is 0.265 e. The van der Waals surface area contributed by atoms with Gasteiger partial charge in [0.25, 0.3) is 5.91 Å². The van der Waals surface area contributed by atoms with Crippen molar-refractivity contribution < 1.29 is 14.3 Å². The first-order valence-electron chi connectivity index (χ1n) is 9.00. The minimum absolute atomic E-state index is 0.0768. The summed E-state index contributed by atoms with van der Waals surface area (Å²) in [6.45, 7) is 0.214. The van der Waals surface area contributed by atoms with Crippen molar-refractivity contribution in [2.75, 3.05) is 23.0 Å². The lowest BCUT2D eigenvalue weighted by Crippen LogP contribution is -2.46. The molecule has 6 nitrogen and oxygen atoms in total. The largest absolute Gasteiger partial charge is 0.482 e. The van der Waals surface area contributed by atoms with Crippen LogP contribution in [0.1, 0.15) is 5.56 Å². The molecule has 2 aromatic carbocycles. The van der Waals surface area contributed by atoms with Gasteiger partial charge in [-0.2, -0.15) is 0 Å². The molecule has 3 aromatic rings. The van der Waals surface area contributed by atoms with E-state index in [4.69, 9.17) is 4.74 Å². The normalized spacial score (nSPS) is 12.9. The number of nitrogens with zero attached hydrogens (tertiary/aromatic N) is 3. The fourth-order valence-corrected chi connectivity index (χ4v) is 3.12. The van der Waals surface area contributed by atoms with Crippen LogP contribution in [0.15, 0.2) is 79.0 Å². The van der Waals surface area contributed by atoms with Gasteiger partial charge in [0.1, 0.15) is 18.1 Å². The number of ether oxygens (including phenoxy) is 1. The van der Waals surface area contributed by atoms with Crippen LogP contribution in [0.4, 0.5) is 11.5 Å². The Bertz CT molecular complexity index is 977. The van der Waals surface area contributed by atoms with E-state index in [0.29, 0.717) is 23.8 Å². The van der Waals surface area contributed by atoms with Crippen molar-refractivity contribution in [3.05, 3.63) is 84.6 Å². The zero-order valence-corrected chi connectivity index (χ0v) is 15.2. The van der Waals surface area contributed by atoms with Gasteiger partial charge in [-0.15, -0.1) is 0 Å². The maximum absolute atomic E-state index is 13.2. The van der Waals surface area contributed by atoms with Gasteiger partial charge in [-0.1, -0.05) is 48.5 Å². The van der Waals surface area contributed by atoms with Crippen molar-refractivity contribution >= 4 is 23.3 Å². The smallest absolute Gasteiger partial charge is 0.265 e. The standard InChI is InChI=1S/C22H19N3O3/c26-21(15-24-18-10-4-5-11-19(18)28-16-22(24)27)25(20-12-6-7-13-23-20)14-17-8-2-1-3-9-17/h1-13H,14-16H2. The molecule has 2 heterocycles. The number of pyridine rings is 1. The molecule has 1 aliphatic rings. The highest BCUT2D eigenvalue weighted by Gasteiger charge is 2.29. The Morgan fingerprint density at radius 2 is 1.75 bits per heavy atom. The lowest BCUT2D eigenvalue weighted by molar-refractivity contribution is -0.124. The van der Waals surface area contributed by atoms with Crippen LogP contribution in [0.2, 0.25) is 0 Å². The number of aromatic nitrogens is 1. The highest BCUT2D eigenvalue weighted by atomic mass is 16.5. The number of carbonyl (C=O) groups excluding carboxylic acids is 2. The first-order valence-corrected chi connectivity index (χ1v) is 9.00. The van der Waals surface area contributed by atoms with Crippen molar-refractivity contribution in [3.8, 4) is 5.75 Å². The Kier molecular flexibility index (Phi) is 5.01. The molecule has 1 aliphatic heterocycles. The van der Waals surface area contributed by atoms with E-state index < -0.39 is 0 Å². The summed E-state index contributed by atoms with van der Waals surface area (Å²) in [5.41, 5.74) is 1.59. The maximum atomic E-state index is 13.2. The number of hydrogen-bond donors (Lipinski definition) is 0. The fourth-order valence-electron chi connectivity index (χ4n) is 3.12. The molecule has 0 unspecified atom stereocenters. The molecule has 0 atom stereocenters. The number of rotatable bonds is 5. The molecule has 28 heavy (non-hydrogen) atoms. The summed E-state index contributed by atoms with van der Waals surface area (Å²) in [6.07, 6.45) is 1.65. The molecular weight excluding hydrogens is 354 g/mol. The van der Waals surface area contributed by atoms with Gasteiger partial charge in [-0.05, 0) is 29.8 Å². The number of amides is 2. The van der Waals surface area contributed by atoms with E-state index in [1.807, 2.05) is 48.5 Å². The quantitative estimate of drug-likeness (QED) is 0.690.